The van der Waals surface area contributed by atoms with Crippen molar-refractivity contribution in [3.8, 4) is 0 Å². The van der Waals surface area contributed by atoms with E-state index in [-0.39, 0.29) is 41.1 Å². The lowest BCUT2D eigenvalue weighted by atomic mass is 9.86. The summed E-state index contributed by atoms with van der Waals surface area (Å²) < 4.78 is 5.57. The molecule has 2 aliphatic carbocycles. The molecule has 0 unspecified atom stereocenters. The third-order valence-electron chi connectivity index (χ3n) is 5.39. The molecule has 5 heteroatoms. The Kier molecular flexibility index (Phi) is 4.90. The Morgan fingerprint density at radius 1 is 1.19 bits per heavy atom. The number of ether oxygens (including phenoxy) is 1. The average Bonchev–Trinajstić information content (AvgIpc) is 2.88. The van der Waals surface area contributed by atoms with Crippen LogP contribution in [0, 0.1) is 11.8 Å². The van der Waals surface area contributed by atoms with Gasteiger partial charge in [0.15, 0.2) is 5.78 Å². The fourth-order valence-corrected chi connectivity index (χ4v) is 3.84. The van der Waals surface area contributed by atoms with Gasteiger partial charge in [0.05, 0.1) is 11.5 Å². The van der Waals surface area contributed by atoms with Crippen molar-refractivity contribution in [1.29, 1.82) is 0 Å². The normalized spacial score (nSPS) is 30.0. The average molecular weight is 356 g/mol. The predicted molar refractivity (Wildman–Crippen MR) is 97.4 cm³/mol. The zero-order valence-corrected chi connectivity index (χ0v) is 15.3. The molecule has 4 aliphatic rings. The lowest BCUT2D eigenvalue weighted by molar-refractivity contribution is -0.147. The second kappa shape index (κ2) is 6.98. The van der Waals surface area contributed by atoms with Crippen LogP contribution in [-0.4, -0.2) is 28.1 Å². The first-order valence-corrected chi connectivity index (χ1v) is 8.93. The van der Waals surface area contributed by atoms with Crippen LogP contribution in [-0.2, 0) is 14.3 Å². The highest BCUT2D eigenvalue weighted by atomic mass is 16.5. The molecule has 138 valence electrons. The van der Waals surface area contributed by atoms with Crippen LogP contribution < -0.4 is 0 Å². The SMILES string of the molecule is CC1=C[C@H]2CCC3=C(O)[C@H](C)[C@H](OC3=O)C(C)=CCC=CC(=O)C2=C1O. The topological polar surface area (TPSA) is 83.8 Å². The summed E-state index contributed by atoms with van der Waals surface area (Å²) in [6.45, 7) is 5.44. The van der Waals surface area contributed by atoms with Crippen LogP contribution in [0.4, 0.5) is 0 Å². The Morgan fingerprint density at radius 3 is 2.65 bits per heavy atom. The molecular formula is C21H24O5. The molecule has 0 spiro atoms. The second-order valence-electron chi connectivity index (χ2n) is 7.19. The highest BCUT2D eigenvalue weighted by Gasteiger charge is 2.37. The quantitative estimate of drug-likeness (QED) is 0.506. The molecule has 4 rings (SSSR count). The first-order chi connectivity index (χ1) is 12.3. The summed E-state index contributed by atoms with van der Waals surface area (Å²) in [4.78, 5) is 24.9. The van der Waals surface area contributed by atoms with E-state index < -0.39 is 12.1 Å². The molecule has 0 aromatic carbocycles. The monoisotopic (exact) mass is 356 g/mol. The number of aliphatic hydroxyl groups excluding tert-OH is 2. The smallest absolute Gasteiger partial charge is 0.338 e. The molecule has 0 fully saturated rings. The standard InChI is InChI=1S/C21H24O5/c1-11-6-4-5-7-16(22)17-14(10-12(2)18(17)23)8-9-15-19(24)13(3)20(11)26-21(15)25/h5-7,10,13-14,20,23-24H,4,8-9H2,1-3H3/t13-,14+,20+/m0/s1. The summed E-state index contributed by atoms with van der Waals surface area (Å²) in [5, 5.41) is 20.8. The number of hydrogen-bond donors (Lipinski definition) is 2. The van der Waals surface area contributed by atoms with Crippen molar-refractivity contribution >= 4 is 11.8 Å². The Morgan fingerprint density at radius 2 is 1.92 bits per heavy atom. The van der Waals surface area contributed by atoms with Crippen molar-refractivity contribution in [3.05, 3.63) is 58.1 Å². The van der Waals surface area contributed by atoms with Crippen LogP contribution in [0.1, 0.15) is 40.0 Å². The molecule has 0 aromatic heterocycles. The maximum atomic E-state index is 12.5. The maximum absolute atomic E-state index is 12.5. The van der Waals surface area contributed by atoms with Gasteiger partial charge in [-0.15, -0.1) is 0 Å². The highest BCUT2D eigenvalue weighted by molar-refractivity contribution is 6.06. The van der Waals surface area contributed by atoms with Gasteiger partial charge >= 0.3 is 5.97 Å². The van der Waals surface area contributed by atoms with Gasteiger partial charge in [-0.3, -0.25) is 4.79 Å². The molecule has 2 aliphatic heterocycles. The number of esters is 1. The Bertz CT molecular complexity index is 806. The van der Waals surface area contributed by atoms with Gasteiger partial charge in [-0.2, -0.15) is 0 Å². The number of ketones is 1. The van der Waals surface area contributed by atoms with Gasteiger partial charge in [-0.25, -0.2) is 4.79 Å². The van der Waals surface area contributed by atoms with Gasteiger partial charge in [0, 0.05) is 11.5 Å². The van der Waals surface area contributed by atoms with Gasteiger partial charge in [0.2, 0.25) is 0 Å². The maximum Gasteiger partial charge on any atom is 0.338 e. The summed E-state index contributed by atoms with van der Waals surface area (Å²) >= 11 is 0. The molecule has 0 saturated carbocycles. The molecule has 0 saturated heterocycles. The zero-order chi connectivity index (χ0) is 19.0. The zero-order valence-electron chi connectivity index (χ0n) is 15.3. The van der Waals surface area contributed by atoms with Gasteiger partial charge in [-0.1, -0.05) is 25.2 Å². The van der Waals surface area contributed by atoms with Crippen molar-refractivity contribution in [2.75, 3.05) is 0 Å². The first-order valence-electron chi connectivity index (χ1n) is 8.93. The molecule has 2 N–H and O–H groups in total. The molecule has 0 amide bonds. The van der Waals surface area contributed by atoms with Crippen molar-refractivity contribution < 1.29 is 24.5 Å². The van der Waals surface area contributed by atoms with E-state index in [2.05, 4.69) is 0 Å². The summed E-state index contributed by atoms with van der Waals surface area (Å²) in [5.74, 6) is -1.24. The van der Waals surface area contributed by atoms with Gasteiger partial charge in [0.25, 0.3) is 0 Å². The number of aliphatic hydroxyl groups is 2. The molecule has 0 radical (unpaired) electrons. The van der Waals surface area contributed by atoms with Gasteiger partial charge < -0.3 is 14.9 Å². The molecular weight excluding hydrogens is 332 g/mol. The molecule has 2 bridgehead atoms. The Balaban J connectivity index is 2.03. The Labute approximate surface area is 153 Å². The van der Waals surface area contributed by atoms with E-state index in [0.29, 0.717) is 24.0 Å². The first kappa shape index (κ1) is 18.2. The van der Waals surface area contributed by atoms with E-state index in [0.717, 1.165) is 5.57 Å². The number of carbonyl (C=O) groups excluding carboxylic acids is 2. The van der Waals surface area contributed by atoms with E-state index in [9.17, 15) is 19.8 Å². The summed E-state index contributed by atoms with van der Waals surface area (Å²) in [7, 11) is 0. The summed E-state index contributed by atoms with van der Waals surface area (Å²) in [6, 6.07) is 0. The minimum atomic E-state index is -0.509. The minimum absolute atomic E-state index is 0.0151. The van der Waals surface area contributed by atoms with E-state index in [4.69, 9.17) is 4.74 Å². The van der Waals surface area contributed by atoms with Crippen LogP contribution in [0.3, 0.4) is 0 Å². The van der Waals surface area contributed by atoms with Gasteiger partial charge in [-0.05, 0) is 50.3 Å². The molecule has 2 heterocycles. The lowest BCUT2D eigenvalue weighted by Gasteiger charge is -2.31. The predicted octanol–water partition coefficient (Wildman–Crippen LogP) is 4.00. The molecule has 5 nitrogen and oxygen atoms in total. The van der Waals surface area contributed by atoms with Crippen LogP contribution >= 0.6 is 0 Å². The number of carbonyl (C=O) groups is 2. The lowest BCUT2D eigenvalue weighted by Crippen LogP contribution is -2.34. The molecule has 0 aromatic rings. The third-order valence-corrected chi connectivity index (χ3v) is 5.39. The molecule has 3 atom stereocenters. The highest BCUT2D eigenvalue weighted by Crippen LogP contribution is 2.37. The summed E-state index contributed by atoms with van der Waals surface area (Å²) in [6.07, 6.45) is 7.68. The van der Waals surface area contributed by atoms with Gasteiger partial charge in [0.1, 0.15) is 17.6 Å². The largest absolute Gasteiger partial charge is 0.511 e. The van der Waals surface area contributed by atoms with E-state index in [1.165, 1.54) is 6.08 Å². The number of fused-ring (bicyclic) bond motifs is 6. The van der Waals surface area contributed by atoms with Crippen LogP contribution in [0.25, 0.3) is 0 Å². The fraction of sp³-hybridized carbons (Fsp3) is 0.429. The minimum Gasteiger partial charge on any atom is -0.511 e. The number of allylic oxidation sites excluding steroid dienone is 6. The van der Waals surface area contributed by atoms with Crippen LogP contribution in [0.5, 0.6) is 0 Å². The summed E-state index contributed by atoms with van der Waals surface area (Å²) in [5.41, 5.74) is 2.11. The van der Waals surface area contributed by atoms with E-state index >= 15 is 0 Å². The number of hydrogen-bond acceptors (Lipinski definition) is 5. The van der Waals surface area contributed by atoms with Crippen molar-refractivity contribution in [1.82, 2.24) is 0 Å². The Hall–Kier alpha value is -2.56. The fourth-order valence-electron chi connectivity index (χ4n) is 3.84. The van der Waals surface area contributed by atoms with Crippen LogP contribution in [0.15, 0.2) is 58.1 Å². The van der Waals surface area contributed by atoms with E-state index in [1.54, 1.807) is 13.0 Å². The second-order valence-corrected chi connectivity index (χ2v) is 7.19. The number of rotatable bonds is 0. The van der Waals surface area contributed by atoms with Crippen LogP contribution in [0.2, 0.25) is 0 Å². The van der Waals surface area contributed by atoms with Crippen molar-refractivity contribution in [2.45, 2.75) is 46.1 Å². The van der Waals surface area contributed by atoms with Crippen molar-refractivity contribution in [3.63, 3.8) is 0 Å². The third kappa shape index (κ3) is 3.14. The molecule has 26 heavy (non-hydrogen) atoms. The van der Waals surface area contributed by atoms with Crippen molar-refractivity contribution in [2.24, 2.45) is 11.8 Å². The van der Waals surface area contributed by atoms with E-state index in [1.807, 2.05) is 26.0 Å².